The smallest absolute Gasteiger partial charge is 0.247 e. The number of aliphatic hydroxyl groups is 1. The maximum absolute atomic E-state index is 10.5. The summed E-state index contributed by atoms with van der Waals surface area (Å²) in [5.74, 6) is 0.865. The van der Waals surface area contributed by atoms with Crippen molar-refractivity contribution in [2.45, 2.75) is 38.8 Å². The van der Waals surface area contributed by atoms with E-state index in [0.29, 0.717) is 6.04 Å². The molecule has 0 heterocycles. The van der Waals surface area contributed by atoms with Crippen LogP contribution in [0.2, 0.25) is 0 Å². The van der Waals surface area contributed by atoms with Gasteiger partial charge in [0.25, 0.3) is 0 Å². The molecule has 0 spiro atoms. The molecule has 0 saturated heterocycles. The minimum atomic E-state index is -1.05. The molecule has 1 amide bonds. The Hall–Kier alpha value is -0.610. The average Bonchev–Trinajstić information content (AvgIpc) is 1.99. The van der Waals surface area contributed by atoms with Crippen molar-refractivity contribution in [1.29, 1.82) is 0 Å². The fraction of sp³-hybridized carbons (Fsp3) is 0.900. The topological polar surface area (TPSA) is 75.3 Å². The summed E-state index contributed by atoms with van der Waals surface area (Å²) in [6.07, 6.45) is 1.24. The van der Waals surface area contributed by atoms with Gasteiger partial charge in [0.1, 0.15) is 6.10 Å². The number of aliphatic hydroxyl groups excluding tert-OH is 1. The molecule has 0 aliphatic heterocycles. The van der Waals surface area contributed by atoms with Gasteiger partial charge in [-0.25, -0.2) is 0 Å². The highest BCUT2D eigenvalue weighted by Gasteiger charge is 2.31. The molecule has 0 aromatic rings. The minimum Gasteiger partial charge on any atom is -0.382 e. The van der Waals surface area contributed by atoms with Gasteiger partial charge in [-0.1, -0.05) is 13.8 Å². The third kappa shape index (κ3) is 2.96. The molecule has 1 saturated carbocycles. The van der Waals surface area contributed by atoms with Crippen molar-refractivity contribution in [3.8, 4) is 0 Å². The summed E-state index contributed by atoms with van der Waals surface area (Å²) in [6, 6.07) is 0.455. The van der Waals surface area contributed by atoms with Crippen molar-refractivity contribution in [3.63, 3.8) is 0 Å². The van der Waals surface area contributed by atoms with Gasteiger partial charge in [-0.15, -0.1) is 0 Å². The van der Waals surface area contributed by atoms with E-state index < -0.39 is 12.0 Å². The number of primary amides is 1. The highest BCUT2D eigenvalue weighted by Crippen LogP contribution is 2.33. The van der Waals surface area contributed by atoms with E-state index in [2.05, 4.69) is 19.2 Å². The molecule has 1 unspecified atom stereocenters. The molecule has 0 aromatic carbocycles. The highest BCUT2D eigenvalue weighted by molar-refractivity contribution is 5.78. The summed E-state index contributed by atoms with van der Waals surface area (Å²) in [6.45, 7) is 4.73. The fourth-order valence-electron chi connectivity index (χ4n) is 1.75. The van der Waals surface area contributed by atoms with Crippen LogP contribution >= 0.6 is 0 Å². The predicted octanol–water partition coefficient (Wildman–Crippen LogP) is -0.143. The second-order valence-corrected chi connectivity index (χ2v) is 4.50. The quantitative estimate of drug-likeness (QED) is 0.578. The first-order chi connectivity index (χ1) is 6.50. The normalized spacial score (nSPS) is 28.6. The third-order valence-electron chi connectivity index (χ3n) is 3.05. The van der Waals surface area contributed by atoms with Crippen LogP contribution in [-0.2, 0) is 4.79 Å². The first-order valence-electron chi connectivity index (χ1n) is 5.21. The molecule has 4 nitrogen and oxygen atoms in total. The maximum Gasteiger partial charge on any atom is 0.247 e. The van der Waals surface area contributed by atoms with Crippen molar-refractivity contribution < 1.29 is 9.90 Å². The van der Waals surface area contributed by atoms with Gasteiger partial charge in [0, 0.05) is 12.6 Å². The van der Waals surface area contributed by atoms with Crippen LogP contribution in [0.1, 0.15) is 26.7 Å². The number of hydrogen-bond acceptors (Lipinski definition) is 3. The van der Waals surface area contributed by atoms with E-state index in [-0.39, 0.29) is 6.54 Å². The summed E-state index contributed by atoms with van der Waals surface area (Å²) >= 11 is 0. The van der Waals surface area contributed by atoms with Gasteiger partial charge in [-0.3, -0.25) is 4.79 Å². The molecule has 1 fully saturated rings. The molecule has 1 aliphatic rings. The molecule has 4 heteroatoms. The Morgan fingerprint density at radius 2 is 2.14 bits per heavy atom. The summed E-state index contributed by atoms with van der Waals surface area (Å²) < 4.78 is 0. The molecule has 82 valence electrons. The number of rotatable bonds is 5. The van der Waals surface area contributed by atoms with Crippen LogP contribution in [0.3, 0.4) is 0 Å². The Kier molecular flexibility index (Phi) is 3.89. The van der Waals surface area contributed by atoms with E-state index in [9.17, 15) is 4.79 Å². The standard InChI is InChI=1S/C10H20N2O2/c1-6(2)7-3-8(4-7)12-5-9(13)10(11)14/h6-9,12-13H,3-5H2,1-2H3,(H2,11,14). The molecule has 4 N–H and O–H groups in total. The SMILES string of the molecule is CC(C)C1CC(NCC(O)C(N)=O)C1. The first kappa shape index (κ1) is 11.5. The summed E-state index contributed by atoms with van der Waals surface area (Å²) in [7, 11) is 0. The van der Waals surface area contributed by atoms with Crippen molar-refractivity contribution in [2.24, 2.45) is 17.6 Å². The Morgan fingerprint density at radius 3 is 2.57 bits per heavy atom. The average molecular weight is 200 g/mol. The highest BCUT2D eigenvalue weighted by atomic mass is 16.3. The van der Waals surface area contributed by atoms with Crippen molar-refractivity contribution in [2.75, 3.05) is 6.54 Å². The van der Waals surface area contributed by atoms with Crippen LogP contribution < -0.4 is 11.1 Å². The third-order valence-corrected chi connectivity index (χ3v) is 3.05. The number of nitrogens with two attached hydrogens (primary N) is 1. The van der Waals surface area contributed by atoms with Crippen LogP contribution in [0.5, 0.6) is 0 Å². The van der Waals surface area contributed by atoms with Crippen molar-refractivity contribution in [1.82, 2.24) is 5.32 Å². The molecule has 0 radical (unpaired) electrons. The van der Waals surface area contributed by atoms with Gasteiger partial charge in [0.2, 0.25) is 5.91 Å². The van der Waals surface area contributed by atoms with E-state index in [1.54, 1.807) is 0 Å². The van der Waals surface area contributed by atoms with Gasteiger partial charge < -0.3 is 16.2 Å². The van der Waals surface area contributed by atoms with Gasteiger partial charge >= 0.3 is 0 Å². The second-order valence-electron chi connectivity index (χ2n) is 4.50. The Bertz CT molecular complexity index is 200. The maximum atomic E-state index is 10.5. The fourth-order valence-corrected chi connectivity index (χ4v) is 1.75. The summed E-state index contributed by atoms with van der Waals surface area (Å²) in [4.78, 5) is 10.5. The molecule has 1 aliphatic carbocycles. The van der Waals surface area contributed by atoms with Crippen LogP contribution in [0.15, 0.2) is 0 Å². The van der Waals surface area contributed by atoms with Gasteiger partial charge in [-0.2, -0.15) is 0 Å². The first-order valence-corrected chi connectivity index (χ1v) is 5.21. The number of amides is 1. The number of hydrogen-bond donors (Lipinski definition) is 3. The van der Waals surface area contributed by atoms with Gasteiger partial charge in [0.05, 0.1) is 0 Å². The summed E-state index contributed by atoms with van der Waals surface area (Å²) in [5.41, 5.74) is 4.93. The molecular formula is C10H20N2O2. The Labute approximate surface area is 84.9 Å². The zero-order valence-electron chi connectivity index (χ0n) is 8.86. The van der Waals surface area contributed by atoms with E-state index in [0.717, 1.165) is 24.7 Å². The number of carbonyl (C=O) groups is 1. The summed E-state index contributed by atoms with van der Waals surface area (Å²) in [5, 5.41) is 12.3. The Balaban J connectivity index is 2.09. The lowest BCUT2D eigenvalue weighted by molar-refractivity contribution is -0.125. The van der Waals surface area contributed by atoms with E-state index >= 15 is 0 Å². The number of carbonyl (C=O) groups excluding carboxylic acids is 1. The van der Waals surface area contributed by atoms with Crippen LogP contribution in [0.25, 0.3) is 0 Å². The largest absolute Gasteiger partial charge is 0.382 e. The Morgan fingerprint density at radius 1 is 1.57 bits per heavy atom. The van der Waals surface area contributed by atoms with Crippen LogP contribution in [0, 0.1) is 11.8 Å². The molecular weight excluding hydrogens is 180 g/mol. The van der Waals surface area contributed by atoms with Gasteiger partial charge in [-0.05, 0) is 24.7 Å². The molecule has 14 heavy (non-hydrogen) atoms. The molecule has 0 bridgehead atoms. The number of nitrogens with one attached hydrogen (secondary N) is 1. The predicted molar refractivity (Wildman–Crippen MR) is 54.6 cm³/mol. The zero-order valence-corrected chi connectivity index (χ0v) is 8.86. The second kappa shape index (κ2) is 4.75. The molecule has 1 rings (SSSR count). The van der Waals surface area contributed by atoms with Crippen molar-refractivity contribution >= 4 is 5.91 Å². The van der Waals surface area contributed by atoms with Crippen molar-refractivity contribution in [3.05, 3.63) is 0 Å². The van der Waals surface area contributed by atoms with Gasteiger partial charge in [0.15, 0.2) is 0 Å². The van der Waals surface area contributed by atoms with E-state index in [1.807, 2.05) is 0 Å². The monoisotopic (exact) mass is 200 g/mol. The molecule has 1 atom stereocenters. The lowest BCUT2D eigenvalue weighted by Gasteiger charge is -2.38. The van der Waals surface area contributed by atoms with E-state index in [1.165, 1.54) is 0 Å². The minimum absolute atomic E-state index is 0.283. The lowest BCUT2D eigenvalue weighted by Crippen LogP contribution is -2.48. The van der Waals surface area contributed by atoms with E-state index in [4.69, 9.17) is 10.8 Å². The van der Waals surface area contributed by atoms with Crippen LogP contribution in [-0.4, -0.2) is 29.7 Å². The molecule has 0 aromatic heterocycles. The lowest BCUT2D eigenvalue weighted by atomic mass is 9.73. The zero-order chi connectivity index (χ0) is 10.7. The van der Waals surface area contributed by atoms with Crippen LogP contribution in [0.4, 0.5) is 0 Å².